The molecule has 0 spiro atoms. The normalized spacial score (nSPS) is 9.89. The molecule has 0 amide bonds. The maximum atomic E-state index is 9.87. The fraction of sp³-hybridized carbons (Fsp3) is 0.500. The van der Waals surface area contributed by atoms with Gasteiger partial charge in [-0.25, -0.2) is 0 Å². The Labute approximate surface area is 56.7 Å². The van der Waals surface area contributed by atoms with Gasteiger partial charge >= 0.3 is 0 Å². The van der Waals surface area contributed by atoms with Crippen LogP contribution in [0.5, 0.6) is 0 Å². The molecule has 3 heteroatoms. The van der Waals surface area contributed by atoms with Gasteiger partial charge in [0.25, 0.3) is 0 Å². The topological polar surface area (TPSA) is 34.1 Å². The number of allylic oxidation sites excluding steroid dienone is 2. The van der Waals surface area contributed by atoms with Crippen LogP contribution in [-0.2, 0) is 10.3 Å². The van der Waals surface area contributed by atoms with Crippen LogP contribution in [0.1, 0.15) is 19.8 Å². The third-order valence-electron chi connectivity index (χ3n) is 0.771. The highest BCUT2D eigenvalue weighted by atomic mass is 32.2. The van der Waals surface area contributed by atoms with Gasteiger partial charge in [-0.05, 0) is 12.8 Å². The van der Waals surface area contributed by atoms with Crippen molar-refractivity contribution in [3.63, 3.8) is 0 Å². The smallest absolute Gasteiger partial charge is 0.185 e. The molecule has 52 valence electrons. The highest BCUT2D eigenvalue weighted by Gasteiger charge is 1.70. The van der Waals surface area contributed by atoms with E-state index in [0.717, 1.165) is 6.42 Å². The van der Waals surface area contributed by atoms with Crippen LogP contribution in [-0.4, -0.2) is 13.8 Å². The molecule has 0 atom stereocenters. The van der Waals surface area contributed by atoms with Gasteiger partial charge in [-0.15, -0.1) is 0 Å². The molecule has 0 N–H and O–H groups in total. The molecule has 0 bridgehead atoms. The molecule has 0 aliphatic heterocycles. The van der Waals surface area contributed by atoms with Gasteiger partial charge in [-0.1, -0.05) is 19.1 Å². The molecule has 0 fully saturated rings. The van der Waals surface area contributed by atoms with Gasteiger partial charge in [0.2, 0.25) is 10.3 Å². The van der Waals surface area contributed by atoms with Crippen molar-refractivity contribution in [3.8, 4) is 0 Å². The van der Waals surface area contributed by atoms with Crippen molar-refractivity contribution >= 4 is 15.7 Å². The Balaban J connectivity index is 3.54. The average molecular weight is 146 g/mol. The lowest BCUT2D eigenvalue weighted by Gasteiger charge is -1.74. The van der Waals surface area contributed by atoms with Crippen LogP contribution in [0.2, 0.25) is 0 Å². The van der Waals surface area contributed by atoms with Gasteiger partial charge in [0, 0.05) is 5.37 Å². The number of hydrogen-bond acceptors (Lipinski definition) is 2. The first-order valence-electron chi connectivity index (χ1n) is 2.83. The Morgan fingerprint density at radius 2 is 2.00 bits per heavy atom. The van der Waals surface area contributed by atoms with E-state index in [1.54, 1.807) is 0 Å². The van der Waals surface area contributed by atoms with Crippen LogP contribution < -0.4 is 0 Å². The van der Waals surface area contributed by atoms with E-state index >= 15 is 0 Å². The first-order chi connectivity index (χ1) is 4.27. The molecule has 0 radical (unpaired) electrons. The summed E-state index contributed by atoms with van der Waals surface area (Å²) in [6.45, 7) is 2.00. The van der Waals surface area contributed by atoms with Crippen LogP contribution in [0, 0.1) is 0 Å². The van der Waals surface area contributed by atoms with Crippen LogP contribution in [0.4, 0.5) is 0 Å². The van der Waals surface area contributed by atoms with Gasteiger partial charge < -0.3 is 0 Å². The van der Waals surface area contributed by atoms with Gasteiger partial charge in [-0.3, -0.25) is 0 Å². The van der Waals surface area contributed by atoms with E-state index in [-0.39, 0.29) is 0 Å². The lowest BCUT2D eigenvalue weighted by molar-refractivity contribution is 0.627. The Kier molecular flexibility index (Phi) is 5.21. The molecule has 0 aliphatic carbocycles. The molecule has 0 saturated carbocycles. The molecular formula is C6H10O2S. The lowest BCUT2D eigenvalue weighted by Crippen LogP contribution is -1.69. The summed E-state index contributed by atoms with van der Waals surface area (Å²) in [5.41, 5.74) is 0. The molecule has 2 nitrogen and oxygen atoms in total. The second-order valence-electron chi connectivity index (χ2n) is 1.54. The summed E-state index contributed by atoms with van der Waals surface area (Å²) < 4.78 is 19.7. The standard InChI is InChI=1S/C6H10O2S/c1-2-3-4-5-6-9(7)8/h3-4,6H,2,5H2,1H3. The summed E-state index contributed by atoms with van der Waals surface area (Å²) in [7, 11) is -2.00. The first kappa shape index (κ1) is 8.43. The highest BCUT2D eigenvalue weighted by Crippen LogP contribution is 1.81. The maximum Gasteiger partial charge on any atom is 0.210 e. The molecule has 0 aromatic rings. The second-order valence-corrected chi connectivity index (χ2v) is 2.40. The molecule has 0 unspecified atom stereocenters. The summed E-state index contributed by atoms with van der Waals surface area (Å²) in [4.78, 5) is 0. The fourth-order valence-electron chi connectivity index (χ4n) is 0.397. The van der Waals surface area contributed by atoms with Crippen molar-refractivity contribution < 1.29 is 8.42 Å². The summed E-state index contributed by atoms with van der Waals surface area (Å²) >= 11 is 0. The van der Waals surface area contributed by atoms with E-state index < -0.39 is 10.3 Å². The SMILES string of the molecule is CCC=CCC=S(=O)=O. The summed E-state index contributed by atoms with van der Waals surface area (Å²) in [6, 6.07) is 0. The van der Waals surface area contributed by atoms with E-state index in [1.807, 2.05) is 19.1 Å². The quantitative estimate of drug-likeness (QED) is 0.440. The summed E-state index contributed by atoms with van der Waals surface area (Å²) in [6.07, 6.45) is 5.24. The zero-order valence-electron chi connectivity index (χ0n) is 5.37. The van der Waals surface area contributed by atoms with Crippen molar-refractivity contribution in [2.75, 3.05) is 0 Å². The molecule has 0 aromatic carbocycles. The third-order valence-corrected chi connectivity index (χ3v) is 1.24. The van der Waals surface area contributed by atoms with Crippen molar-refractivity contribution in [1.82, 2.24) is 0 Å². The minimum atomic E-state index is -2.00. The average Bonchev–Trinajstić information content (AvgIpc) is 1.80. The van der Waals surface area contributed by atoms with Gasteiger partial charge in [0.15, 0.2) is 0 Å². The van der Waals surface area contributed by atoms with Crippen LogP contribution in [0.15, 0.2) is 12.2 Å². The molecule has 0 aromatic heterocycles. The zero-order chi connectivity index (χ0) is 7.11. The van der Waals surface area contributed by atoms with Crippen LogP contribution >= 0.6 is 0 Å². The van der Waals surface area contributed by atoms with Gasteiger partial charge in [-0.2, -0.15) is 8.42 Å². The third kappa shape index (κ3) is 7.43. The molecule has 0 saturated heterocycles. The van der Waals surface area contributed by atoms with Crippen molar-refractivity contribution in [3.05, 3.63) is 12.2 Å². The van der Waals surface area contributed by atoms with Gasteiger partial charge in [0.05, 0.1) is 0 Å². The minimum absolute atomic E-state index is 0.518. The molecule has 9 heavy (non-hydrogen) atoms. The van der Waals surface area contributed by atoms with Gasteiger partial charge in [0.1, 0.15) is 0 Å². The van der Waals surface area contributed by atoms with Crippen LogP contribution in [0.25, 0.3) is 0 Å². The summed E-state index contributed by atoms with van der Waals surface area (Å²) in [5, 5.41) is 1.23. The Morgan fingerprint density at radius 3 is 2.44 bits per heavy atom. The van der Waals surface area contributed by atoms with Crippen molar-refractivity contribution in [1.29, 1.82) is 0 Å². The van der Waals surface area contributed by atoms with Crippen molar-refractivity contribution in [2.24, 2.45) is 0 Å². The highest BCUT2D eigenvalue weighted by molar-refractivity contribution is 7.71. The predicted molar refractivity (Wildman–Crippen MR) is 39.0 cm³/mol. The fourth-order valence-corrected chi connectivity index (χ4v) is 0.665. The lowest BCUT2D eigenvalue weighted by atomic mass is 10.4. The molecule has 0 rings (SSSR count). The van der Waals surface area contributed by atoms with Crippen molar-refractivity contribution in [2.45, 2.75) is 19.8 Å². The zero-order valence-corrected chi connectivity index (χ0v) is 6.19. The van der Waals surface area contributed by atoms with E-state index in [2.05, 4.69) is 0 Å². The Hall–Kier alpha value is -0.570. The molecule has 0 heterocycles. The van der Waals surface area contributed by atoms with E-state index in [1.165, 1.54) is 5.37 Å². The Morgan fingerprint density at radius 1 is 1.33 bits per heavy atom. The monoisotopic (exact) mass is 146 g/mol. The second kappa shape index (κ2) is 5.56. The van der Waals surface area contributed by atoms with E-state index in [0.29, 0.717) is 6.42 Å². The maximum absolute atomic E-state index is 9.87. The van der Waals surface area contributed by atoms with E-state index in [9.17, 15) is 8.42 Å². The predicted octanol–water partition coefficient (Wildman–Crippen LogP) is 1.02. The number of rotatable bonds is 3. The Bertz CT molecular complexity index is 191. The number of hydrogen-bond donors (Lipinski definition) is 0. The first-order valence-corrected chi connectivity index (χ1v) is 3.97. The molecule has 0 aliphatic rings. The minimum Gasteiger partial charge on any atom is -0.185 e. The van der Waals surface area contributed by atoms with Crippen LogP contribution in [0.3, 0.4) is 0 Å². The largest absolute Gasteiger partial charge is 0.210 e. The van der Waals surface area contributed by atoms with E-state index in [4.69, 9.17) is 0 Å². The molecular weight excluding hydrogens is 136 g/mol. The summed E-state index contributed by atoms with van der Waals surface area (Å²) in [5.74, 6) is 0.